The van der Waals surface area contributed by atoms with Crippen LogP contribution in [0.15, 0.2) is 34.5 Å². The van der Waals surface area contributed by atoms with Gasteiger partial charge in [-0.25, -0.2) is 8.42 Å². The van der Waals surface area contributed by atoms with E-state index in [0.717, 1.165) is 17.8 Å². The molecule has 2 aliphatic rings. The van der Waals surface area contributed by atoms with Gasteiger partial charge in [0.25, 0.3) is 15.9 Å². The number of piperidine rings is 1. The molecule has 1 saturated heterocycles. The summed E-state index contributed by atoms with van der Waals surface area (Å²) >= 11 is 8.13. The quantitative estimate of drug-likeness (QED) is 0.553. The molecule has 0 saturated carbocycles. The molecule has 1 unspecified atom stereocenters. The van der Waals surface area contributed by atoms with E-state index in [1.165, 1.54) is 21.7 Å². The van der Waals surface area contributed by atoms with Gasteiger partial charge in [0.15, 0.2) is 11.5 Å². The number of hydrogen-bond acceptors (Lipinski definition) is 9. The van der Waals surface area contributed by atoms with Crippen LogP contribution >= 0.6 is 34.3 Å². The van der Waals surface area contributed by atoms with Crippen LogP contribution in [0.2, 0.25) is 4.34 Å². The zero-order valence-electron chi connectivity index (χ0n) is 16.5. The molecular weight excluding hydrogens is 496 g/mol. The third-order valence-corrected chi connectivity index (χ3v) is 9.79. The fraction of sp³-hybridized carbons (Fsp3) is 0.316. The molecule has 1 fully saturated rings. The van der Waals surface area contributed by atoms with Gasteiger partial charge in [-0.05, 0) is 37.1 Å². The Bertz CT molecular complexity index is 1280. The Hall–Kier alpha value is -2.25. The van der Waals surface area contributed by atoms with Crippen LogP contribution in [0.3, 0.4) is 0 Å². The second kappa shape index (κ2) is 8.60. The lowest BCUT2D eigenvalue weighted by molar-refractivity contribution is 0.102. The number of hydrogen-bond donors (Lipinski definition) is 1. The van der Waals surface area contributed by atoms with Crippen molar-refractivity contribution in [3.8, 4) is 11.5 Å². The maximum Gasteiger partial charge on any atom is 0.286 e. The Balaban J connectivity index is 1.28. The highest BCUT2D eigenvalue weighted by Crippen LogP contribution is 2.36. The predicted molar refractivity (Wildman–Crippen MR) is 120 cm³/mol. The summed E-state index contributed by atoms with van der Waals surface area (Å²) in [5.74, 6) is 0.679. The van der Waals surface area contributed by atoms with Gasteiger partial charge in [-0.15, -0.1) is 21.5 Å². The summed E-state index contributed by atoms with van der Waals surface area (Å²) in [6, 6.07) is 8.23. The number of fused-ring (bicyclic) bond motifs is 1. The van der Waals surface area contributed by atoms with Gasteiger partial charge in [0.05, 0.1) is 4.34 Å². The average Bonchev–Trinajstić information content (AvgIpc) is 3.54. The van der Waals surface area contributed by atoms with Crippen LogP contribution in [-0.4, -0.2) is 48.7 Å². The van der Waals surface area contributed by atoms with E-state index >= 15 is 0 Å². The normalized spacial score (nSPS) is 18.6. The monoisotopic (exact) mass is 512 g/mol. The Morgan fingerprint density at radius 2 is 2.00 bits per heavy atom. The fourth-order valence-electron chi connectivity index (χ4n) is 3.58. The third-order valence-electron chi connectivity index (χ3n) is 5.14. The maximum absolute atomic E-state index is 12.9. The van der Waals surface area contributed by atoms with Gasteiger partial charge in [0.2, 0.25) is 11.8 Å². The average molecular weight is 513 g/mol. The lowest BCUT2D eigenvalue weighted by atomic mass is 10.0. The molecule has 0 spiro atoms. The summed E-state index contributed by atoms with van der Waals surface area (Å²) in [7, 11) is -3.61. The lowest BCUT2D eigenvalue weighted by Gasteiger charge is -2.30. The van der Waals surface area contributed by atoms with Gasteiger partial charge in [0, 0.05) is 30.8 Å². The number of amides is 1. The molecule has 1 N–H and O–H groups in total. The summed E-state index contributed by atoms with van der Waals surface area (Å²) in [5.41, 5.74) is 0.556. The Morgan fingerprint density at radius 3 is 2.81 bits per heavy atom. The summed E-state index contributed by atoms with van der Waals surface area (Å²) < 4.78 is 38.6. The highest BCUT2D eigenvalue weighted by Gasteiger charge is 2.33. The molecule has 1 amide bonds. The first-order valence-electron chi connectivity index (χ1n) is 9.70. The topological polar surface area (TPSA) is 111 Å². The summed E-state index contributed by atoms with van der Waals surface area (Å²) in [6.45, 7) is 0.876. The second-order valence-corrected chi connectivity index (χ2v) is 12.1. The first-order valence-corrected chi connectivity index (χ1v) is 13.1. The number of thiophene rings is 1. The first kappa shape index (κ1) is 21.6. The standard InChI is InChI=1S/C19H17ClN4O5S3/c20-15-5-6-16(30-15)32(26,27)24-7-1-2-11(9-24)18-22-23-19(31-18)17(25)21-12-3-4-13-14(8-12)29-10-28-13/h3-6,8,11H,1-2,7,9-10H2,(H,21,25). The number of sulfonamides is 1. The SMILES string of the molecule is O=C(Nc1ccc2c(c1)OCO2)c1nnc(C2CCCN(S(=O)(=O)c3ccc(Cl)s3)C2)s1. The van der Waals surface area contributed by atoms with Crippen LogP contribution in [0.1, 0.15) is 33.6 Å². The van der Waals surface area contributed by atoms with Crippen molar-refractivity contribution in [1.29, 1.82) is 0 Å². The van der Waals surface area contributed by atoms with Crippen molar-refractivity contribution in [1.82, 2.24) is 14.5 Å². The number of nitrogens with zero attached hydrogens (tertiary/aromatic N) is 3. The van der Waals surface area contributed by atoms with Gasteiger partial charge in [-0.3, -0.25) is 4.79 Å². The van der Waals surface area contributed by atoms with Crippen molar-refractivity contribution < 1.29 is 22.7 Å². The smallest absolute Gasteiger partial charge is 0.286 e. The van der Waals surface area contributed by atoms with E-state index in [1.54, 1.807) is 24.3 Å². The molecule has 5 rings (SSSR count). The summed E-state index contributed by atoms with van der Waals surface area (Å²) in [4.78, 5) is 12.6. The number of carbonyl (C=O) groups is 1. The number of benzene rings is 1. The van der Waals surface area contributed by atoms with Crippen LogP contribution in [-0.2, 0) is 10.0 Å². The molecule has 1 atom stereocenters. The number of anilines is 1. The molecule has 2 aliphatic heterocycles. The molecule has 168 valence electrons. The van der Waals surface area contributed by atoms with Gasteiger partial charge >= 0.3 is 0 Å². The van der Waals surface area contributed by atoms with E-state index in [9.17, 15) is 13.2 Å². The number of aromatic nitrogens is 2. The zero-order valence-corrected chi connectivity index (χ0v) is 19.7. The molecule has 4 heterocycles. The summed E-state index contributed by atoms with van der Waals surface area (Å²) in [6.07, 6.45) is 1.47. The number of ether oxygens (including phenoxy) is 2. The predicted octanol–water partition coefficient (Wildman–Crippen LogP) is 3.80. The number of halogens is 1. The molecule has 2 aromatic heterocycles. The van der Waals surface area contributed by atoms with E-state index < -0.39 is 10.0 Å². The molecule has 1 aromatic carbocycles. The van der Waals surface area contributed by atoms with Crippen LogP contribution in [0.5, 0.6) is 11.5 Å². The highest BCUT2D eigenvalue weighted by atomic mass is 35.5. The zero-order chi connectivity index (χ0) is 22.3. The van der Waals surface area contributed by atoms with E-state index in [4.69, 9.17) is 21.1 Å². The first-order chi connectivity index (χ1) is 15.4. The molecular formula is C19H17ClN4O5S3. The van der Waals surface area contributed by atoms with Crippen molar-refractivity contribution in [3.63, 3.8) is 0 Å². The van der Waals surface area contributed by atoms with Crippen molar-refractivity contribution in [2.75, 3.05) is 25.2 Å². The van der Waals surface area contributed by atoms with E-state index in [2.05, 4.69) is 15.5 Å². The molecule has 0 aliphatic carbocycles. The van der Waals surface area contributed by atoms with Gasteiger partial charge in [0.1, 0.15) is 9.22 Å². The number of carbonyl (C=O) groups excluding carboxylic acids is 1. The molecule has 0 radical (unpaired) electrons. The highest BCUT2D eigenvalue weighted by molar-refractivity contribution is 7.91. The minimum Gasteiger partial charge on any atom is -0.454 e. The van der Waals surface area contributed by atoms with Crippen LogP contribution in [0.4, 0.5) is 5.69 Å². The van der Waals surface area contributed by atoms with Gasteiger partial charge in [-0.2, -0.15) is 4.31 Å². The number of nitrogens with one attached hydrogen (secondary N) is 1. The van der Waals surface area contributed by atoms with Gasteiger partial charge in [-0.1, -0.05) is 22.9 Å². The largest absolute Gasteiger partial charge is 0.454 e. The molecule has 32 heavy (non-hydrogen) atoms. The number of rotatable bonds is 5. The van der Waals surface area contributed by atoms with Crippen LogP contribution in [0.25, 0.3) is 0 Å². The summed E-state index contributed by atoms with van der Waals surface area (Å²) in [5, 5.41) is 11.8. The van der Waals surface area contributed by atoms with Crippen molar-refractivity contribution >= 4 is 55.9 Å². The molecule has 9 nitrogen and oxygen atoms in total. The molecule has 13 heteroatoms. The maximum atomic E-state index is 12.9. The van der Waals surface area contributed by atoms with Crippen LogP contribution in [0, 0.1) is 0 Å². The van der Waals surface area contributed by atoms with Crippen molar-refractivity contribution in [2.45, 2.75) is 23.0 Å². The Kier molecular flexibility index (Phi) is 5.80. The van der Waals surface area contributed by atoms with Gasteiger partial charge < -0.3 is 14.8 Å². The molecule has 3 aromatic rings. The Morgan fingerprint density at radius 1 is 1.16 bits per heavy atom. The third kappa shape index (κ3) is 4.20. The minimum atomic E-state index is -3.61. The second-order valence-electron chi connectivity index (χ2n) is 7.23. The van der Waals surface area contributed by atoms with E-state index in [0.29, 0.717) is 39.5 Å². The van der Waals surface area contributed by atoms with E-state index in [-0.39, 0.29) is 34.4 Å². The fourth-order valence-corrected chi connectivity index (χ4v) is 7.60. The van der Waals surface area contributed by atoms with E-state index in [1.807, 2.05) is 0 Å². The van der Waals surface area contributed by atoms with Crippen LogP contribution < -0.4 is 14.8 Å². The lowest BCUT2D eigenvalue weighted by Crippen LogP contribution is -2.38. The van der Waals surface area contributed by atoms with Crippen molar-refractivity contribution in [3.05, 3.63) is 44.7 Å². The van der Waals surface area contributed by atoms with Crippen molar-refractivity contribution in [2.24, 2.45) is 0 Å². The Labute approximate surface area is 197 Å². The molecule has 0 bridgehead atoms. The minimum absolute atomic E-state index is 0.126.